The lowest BCUT2D eigenvalue weighted by atomic mass is 10.1. The predicted molar refractivity (Wildman–Crippen MR) is 65.4 cm³/mol. The number of nitrogens with two attached hydrogens (primary N) is 1. The molecule has 1 heterocycles. The van der Waals surface area contributed by atoms with Crippen molar-refractivity contribution in [2.75, 3.05) is 12.8 Å². The number of carboxylic acids is 1. The number of methoxy groups -OCH3 is 1. The Hall–Kier alpha value is -2.63. The summed E-state index contributed by atoms with van der Waals surface area (Å²) >= 11 is 0. The summed E-state index contributed by atoms with van der Waals surface area (Å²) in [4.78, 5) is 18.8. The van der Waals surface area contributed by atoms with Gasteiger partial charge in [0.15, 0.2) is 11.5 Å². The number of nitrogens with zero attached hydrogens (tertiary/aromatic N) is 2. The molecular weight excluding hydrogens is 234 g/mol. The maximum Gasteiger partial charge on any atom is 0.358 e. The number of rotatable bonds is 3. The van der Waals surface area contributed by atoms with Crippen molar-refractivity contribution in [3.05, 3.63) is 36.2 Å². The zero-order valence-electron chi connectivity index (χ0n) is 9.62. The van der Waals surface area contributed by atoms with Crippen molar-refractivity contribution in [3.8, 4) is 17.0 Å². The Morgan fingerprint density at radius 1 is 1.39 bits per heavy atom. The molecule has 2 rings (SSSR count). The molecule has 0 amide bonds. The van der Waals surface area contributed by atoms with Crippen LogP contribution in [0.2, 0.25) is 0 Å². The molecule has 0 aliphatic heterocycles. The largest absolute Gasteiger partial charge is 0.496 e. The Morgan fingerprint density at radius 3 is 2.78 bits per heavy atom. The van der Waals surface area contributed by atoms with Crippen molar-refractivity contribution < 1.29 is 14.6 Å². The Balaban J connectivity index is 2.58. The molecule has 0 bridgehead atoms. The fraction of sp³-hybridized carbons (Fsp3) is 0.0833. The van der Waals surface area contributed by atoms with Crippen LogP contribution < -0.4 is 10.5 Å². The Labute approximate surface area is 103 Å². The molecule has 92 valence electrons. The number of ether oxygens (including phenoxy) is 1. The van der Waals surface area contributed by atoms with Crippen LogP contribution in [0.4, 0.5) is 5.82 Å². The Kier molecular flexibility index (Phi) is 3.09. The summed E-state index contributed by atoms with van der Waals surface area (Å²) in [6, 6.07) is 7.14. The highest BCUT2D eigenvalue weighted by atomic mass is 16.5. The summed E-state index contributed by atoms with van der Waals surface area (Å²) in [6.07, 6.45) is 1.42. The first-order valence-electron chi connectivity index (χ1n) is 5.12. The number of carboxylic acid groups (broad SMARTS) is 1. The maximum absolute atomic E-state index is 10.9. The summed E-state index contributed by atoms with van der Waals surface area (Å²) in [5.74, 6) is -0.731. The normalized spacial score (nSPS) is 10.1. The van der Waals surface area contributed by atoms with Gasteiger partial charge in [-0.1, -0.05) is 12.1 Å². The molecule has 1 aromatic carbocycles. The second kappa shape index (κ2) is 4.70. The van der Waals surface area contributed by atoms with E-state index >= 15 is 0 Å². The van der Waals surface area contributed by atoms with Gasteiger partial charge in [0, 0.05) is 5.56 Å². The number of anilines is 1. The minimum atomic E-state index is -1.21. The lowest BCUT2D eigenvalue weighted by molar-refractivity contribution is 0.0691. The minimum Gasteiger partial charge on any atom is -0.496 e. The lowest BCUT2D eigenvalue weighted by Gasteiger charge is -2.08. The van der Waals surface area contributed by atoms with Crippen LogP contribution in [-0.4, -0.2) is 28.2 Å². The Morgan fingerprint density at radius 2 is 2.11 bits per heavy atom. The van der Waals surface area contributed by atoms with E-state index < -0.39 is 5.97 Å². The van der Waals surface area contributed by atoms with Crippen LogP contribution in [0, 0.1) is 0 Å². The average Bonchev–Trinajstić information content (AvgIpc) is 2.39. The highest BCUT2D eigenvalue weighted by Crippen LogP contribution is 2.28. The highest BCUT2D eigenvalue weighted by Gasteiger charge is 2.14. The molecule has 6 nitrogen and oxygen atoms in total. The second-order valence-electron chi connectivity index (χ2n) is 3.49. The number of carbonyl (C=O) groups is 1. The van der Waals surface area contributed by atoms with Crippen molar-refractivity contribution in [1.29, 1.82) is 0 Å². The lowest BCUT2D eigenvalue weighted by Crippen LogP contribution is -2.08. The van der Waals surface area contributed by atoms with Crippen LogP contribution in [0.1, 0.15) is 10.5 Å². The van der Waals surface area contributed by atoms with E-state index in [0.29, 0.717) is 17.0 Å². The van der Waals surface area contributed by atoms with Crippen molar-refractivity contribution >= 4 is 11.8 Å². The smallest absolute Gasteiger partial charge is 0.358 e. The summed E-state index contributed by atoms with van der Waals surface area (Å²) in [6.45, 7) is 0. The van der Waals surface area contributed by atoms with Crippen molar-refractivity contribution in [1.82, 2.24) is 9.97 Å². The van der Waals surface area contributed by atoms with E-state index in [1.165, 1.54) is 13.3 Å². The maximum atomic E-state index is 10.9. The van der Waals surface area contributed by atoms with Gasteiger partial charge in [0.25, 0.3) is 0 Å². The van der Waals surface area contributed by atoms with Crippen molar-refractivity contribution in [2.45, 2.75) is 0 Å². The molecule has 0 aliphatic carbocycles. The molecular formula is C12H11N3O3. The molecule has 18 heavy (non-hydrogen) atoms. The van der Waals surface area contributed by atoms with Gasteiger partial charge in [0.2, 0.25) is 0 Å². The van der Waals surface area contributed by atoms with Gasteiger partial charge in [-0.15, -0.1) is 0 Å². The standard InChI is InChI=1S/C12H11N3O3/c1-18-9-5-3-2-4-7(9)8-6-14-11(13)10(15-8)12(16)17/h2-6H,1H3,(H2,13,14)(H,16,17). The van der Waals surface area contributed by atoms with Crippen LogP contribution in [0.3, 0.4) is 0 Å². The minimum absolute atomic E-state index is 0.110. The quantitative estimate of drug-likeness (QED) is 0.848. The average molecular weight is 245 g/mol. The summed E-state index contributed by atoms with van der Waals surface area (Å²) in [7, 11) is 1.53. The third-order valence-electron chi connectivity index (χ3n) is 2.39. The Bertz CT molecular complexity index is 599. The van der Waals surface area contributed by atoms with Gasteiger partial charge < -0.3 is 15.6 Å². The number of aromatic carboxylic acids is 1. The fourth-order valence-electron chi connectivity index (χ4n) is 1.54. The van der Waals surface area contributed by atoms with Crippen LogP contribution in [0.15, 0.2) is 30.5 Å². The molecule has 3 N–H and O–H groups in total. The molecule has 0 radical (unpaired) electrons. The number of hydrogen-bond acceptors (Lipinski definition) is 5. The molecule has 0 atom stereocenters. The second-order valence-corrected chi connectivity index (χ2v) is 3.49. The van der Waals surface area contributed by atoms with E-state index in [0.717, 1.165) is 0 Å². The first-order valence-corrected chi connectivity index (χ1v) is 5.12. The summed E-state index contributed by atoms with van der Waals surface area (Å²) in [5.41, 5.74) is 6.25. The molecule has 0 spiro atoms. The SMILES string of the molecule is COc1ccccc1-c1cnc(N)c(C(=O)O)n1. The van der Waals surface area contributed by atoms with Gasteiger partial charge in [-0.25, -0.2) is 14.8 Å². The molecule has 0 fully saturated rings. The molecule has 1 aromatic heterocycles. The highest BCUT2D eigenvalue weighted by molar-refractivity contribution is 5.91. The molecule has 0 unspecified atom stereocenters. The van der Waals surface area contributed by atoms with Crippen LogP contribution in [0.25, 0.3) is 11.3 Å². The van der Waals surface area contributed by atoms with Crippen LogP contribution in [-0.2, 0) is 0 Å². The predicted octanol–water partition coefficient (Wildman–Crippen LogP) is 1.43. The topological polar surface area (TPSA) is 98.3 Å². The number of para-hydroxylation sites is 1. The summed E-state index contributed by atoms with van der Waals surface area (Å²) in [5, 5.41) is 8.95. The number of aromatic nitrogens is 2. The molecule has 6 heteroatoms. The summed E-state index contributed by atoms with van der Waals surface area (Å²) < 4.78 is 5.18. The van der Waals surface area contributed by atoms with E-state index in [9.17, 15) is 4.79 Å². The number of nitrogen functional groups attached to an aromatic ring is 1. The van der Waals surface area contributed by atoms with E-state index in [1.807, 2.05) is 6.07 Å². The zero-order valence-corrected chi connectivity index (χ0v) is 9.62. The van der Waals surface area contributed by atoms with E-state index in [1.54, 1.807) is 18.2 Å². The van der Waals surface area contributed by atoms with Gasteiger partial charge in [0.05, 0.1) is 19.0 Å². The fourth-order valence-corrected chi connectivity index (χ4v) is 1.54. The van der Waals surface area contributed by atoms with Gasteiger partial charge >= 0.3 is 5.97 Å². The molecule has 0 saturated heterocycles. The molecule has 2 aromatic rings. The van der Waals surface area contributed by atoms with E-state index in [-0.39, 0.29) is 11.5 Å². The molecule has 0 aliphatic rings. The number of hydrogen-bond donors (Lipinski definition) is 2. The van der Waals surface area contributed by atoms with Crippen molar-refractivity contribution in [3.63, 3.8) is 0 Å². The van der Waals surface area contributed by atoms with Crippen molar-refractivity contribution in [2.24, 2.45) is 0 Å². The third kappa shape index (κ3) is 2.08. The zero-order chi connectivity index (χ0) is 13.1. The third-order valence-corrected chi connectivity index (χ3v) is 2.39. The van der Waals surface area contributed by atoms with Crippen LogP contribution >= 0.6 is 0 Å². The monoisotopic (exact) mass is 245 g/mol. The van der Waals surface area contributed by atoms with E-state index in [2.05, 4.69) is 9.97 Å². The first-order chi connectivity index (χ1) is 8.63. The molecule has 0 saturated carbocycles. The first kappa shape index (κ1) is 11.8. The van der Waals surface area contributed by atoms with Gasteiger partial charge in [0.1, 0.15) is 5.75 Å². The van der Waals surface area contributed by atoms with Gasteiger partial charge in [-0.3, -0.25) is 0 Å². The van der Waals surface area contributed by atoms with E-state index in [4.69, 9.17) is 15.6 Å². The number of benzene rings is 1. The van der Waals surface area contributed by atoms with Crippen LogP contribution in [0.5, 0.6) is 5.75 Å². The van der Waals surface area contributed by atoms with Gasteiger partial charge in [-0.05, 0) is 12.1 Å². The van der Waals surface area contributed by atoms with Gasteiger partial charge in [-0.2, -0.15) is 0 Å².